The van der Waals surface area contributed by atoms with Crippen molar-refractivity contribution in [2.75, 3.05) is 6.16 Å². The Morgan fingerprint density at radius 1 is 0.769 bits per heavy atom. The van der Waals surface area contributed by atoms with Crippen LogP contribution in [-0.4, -0.2) is 6.16 Å². The lowest BCUT2D eigenvalue weighted by atomic mass is 9.82. The van der Waals surface area contributed by atoms with E-state index in [4.69, 9.17) is 0 Å². The van der Waals surface area contributed by atoms with E-state index in [9.17, 15) is 0 Å². The van der Waals surface area contributed by atoms with Crippen LogP contribution in [0.5, 0.6) is 0 Å². The van der Waals surface area contributed by atoms with Crippen LogP contribution in [0.15, 0.2) is 103 Å². The normalized spacial score (nSPS) is 20.3. The Balaban J connectivity index is 2.02. The van der Waals surface area contributed by atoms with Gasteiger partial charge in [0.1, 0.15) is 0 Å². The van der Waals surface area contributed by atoms with Gasteiger partial charge in [0, 0.05) is 0 Å². The van der Waals surface area contributed by atoms with Gasteiger partial charge in [0.25, 0.3) is 0 Å². The molecule has 0 spiro atoms. The minimum absolute atomic E-state index is 0.00475. The Morgan fingerprint density at radius 2 is 1.27 bits per heavy atom. The topological polar surface area (TPSA) is 0 Å². The minimum Gasteiger partial charge on any atom is -0.0840 e. The highest BCUT2D eigenvalue weighted by Crippen LogP contribution is 2.68. The zero-order chi connectivity index (χ0) is 17.8. The Kier molecular flexibility index (Phi) is 5.05. The standard InChI is InChI=1S/C25H25P/c1-2-12-21-19-20-26(24-17-10-5-11-18-24)25(21,22-13-6-3-7-14-22)23-15-8-4-9-16-23/h3-18H,2,19-20H2,1H3. The Hall–Kier alpha value is -2.17. The van der Waals surface area contributed by atoms with Gasteiger partial charge in [-0.3, -0.25) is 0 Å². The van der Waals surface area contributed by atoms with Crippen LogP contribution in [0.2, 0.25) is 0 Å². The number of rotatable bonds is 4. The molecule has 1 atom stereocenters. The van der Waals surface area contributed by atoms with Crippen molar-refractivity contribution in [2.24, 2.45) is 0 Å². The van der Waals surface area contributed by atoms with Gasteiger partial charge < -0.3 is 0 Å². The van der Waals surface area contributed by atoms with Crippen LogP contribution in [0, 0.1) is 0 Å². The van der Waals surface area contributed by atoms with Crippen molar-refractivity contribution in [2.45, 2.75) is 24.9 Å². The summed E-state index contributed by atoms with van der Waals surface area (Å²) in [5.41, 5.74) is 4.49. The molecule has 1 unspecified atom stereocenters. The summed E-state index contributed by atoms with van der Waals surface area (Å²) in [6, 6.07) is 33.6. The van der Waals surface area contributed by atoms with E-state index in [0.29, 0.717) is 0 Å². The quantitative estimate of drug-likeness (QED) is 0.371. The summed E-state index contributed by atoms with van der Waals surface area (Å²) in [7, 11) is -0.360. The first kappa shape index (κ1) is 17.3. The van der Waals surface area contributed by atoms with Crippen molar-refractivity contribution in [1.82, 2.24) is 0 Å². The van der Waals surface area contributed by atoms with Crippen LogP contribution in [0.1, 0.15) is 30.9 Å². The van der Waals surface area contributed by atoms with Crippen LogP contribution in [0.4, 0.5) is 0 Å². The minimum atomic E-state index is -0.360. The van der Waals surface area contributed by atoms with E-state index in [1.165, 1.54) is 29.0 Å². The van der Waals surface area contributed by atoms with E-state index in [0.717, 1.165) is 6.42 Å². The zero-order valence-electron chi connectivity index (χ0n) is 15.3. The average molecular weight is 356 g/mol. The van der Waals surface area contributed by atoms with Crippen molar-refractivity contribution in [3.05, 3.63) is 114 Å². The third-order valence-corrected chi connectivity index (χ3v) is 8.58. The van der Waals surface area contributed by atoms with Crippen molar-refractivity contribution < 1.29 is 0 Å². The zero-order valence-corrected chi connectivity index (χ0v) is 16.2. The molecule has 0 saturated carbocycles. The molecule has 0 aliphatic carbocycles. The van der Waals surface area contributed by atoms with Crippen LogP contribution in [0.3, 0.4) is 0 Å². The van der Waals surface area contributed by atoms with E-state index in [1.54, 1.807) is 5.57 Å². The predicted octanol–water partition coefficient (Wildman–Crippen LogP) is 6.48. The maximum atomic E-state index is 2.49. The van der Waals surface area contributed by atoms with Crippen LogP contribution >= 0.6 is 7.92 Å². The van der Waals surface area contributed by atoms with Crippen molar-refractivity contribution in [1.29, 1.82) is 0 Å². The number of benzene rings is 3. The molecular formula is C25H25P. The number of allylic oxidation sites excluding steroid dienone is 2. The molecule has 3 aromatic carbocycles. The van der Waals surface area contributed by atoms with Gasteiger partial charge in [-0.05, 0) is 35.4 Å². The molecule has 3 aromatic rings. The van der Waals surface area contributed by atoms with Crippen molar-refractivity contribution in [3.8, 4) is 0 Å². The van der Waals surface area contributed by atoms with Gasteiger partial charge in [0.05, 0.1) is 5.16 Å². The summed E-state index contributed by atoms with van der Waals surface area (Å²) in [5.74, 6) is 0. The monoisotopic (exact) mass is 356 g/mol. The van der Waals surface area contributed by atoms with Gasteiger partial charge in [-0.1, -0.05) is 117 Å². The fourth-order valence-corrected chi connectivity index (χ4v) is 7.84. The fraction of sp³-hybridized carbons (Fsp3) is 0.200. The van der Waals surface area contributed by atoms with Gasteiger partial charge >= 0.3 is 0 Å². The highest BCUT2D eigenvalue weighted by molar-refractivity contribution is 7.67. The van der Waals surface area contributed by atoms with Gasteiger partial charge in [0.2, 0.25) is 0 Å². The summed E-state index contributed by atoms with van der Waals surface area (Å²) in [6.45, 7) is 2.26. The lowest BCUT2D eigenvalue weighted by Gasteiger charge is -2.39. The van der Waals surface area contributed by atoms with Gasteiger partial charge in [-0.15, -0.1) is 0 Å². The van der Waals surface area contributed by atoms with Crippen LogP contribution < -0.4 is 5.30 Å². The largest absolute Gasteiger partial charge is 0.0840 e. The summed E-state index contributed by atoms with van der Waals surface area (Å²) < 4.78 is 0. The molecule has 1 saturated heterocycles. The molecule has 0 bridgehead atoms. The summed E-state index contributed by atoms with van der Waals surface area (Å²) in [4.78, 5) is 0. The molecule has 0 radical (unpaired) electrons. The van der Waals surface area contributed by atoms with E-state index < -0.39 is 0 Å². The third-order valence-electron chi connectivity index (χ3n) is 5.38. The highest BCUT2D eigenvalue weighted by Gasteiger charge is 2.49. The average Bonchev–Trinajstić information content (AvgIpc) is 3.10. The second-order valence-electron chi connectivity index (χ2n) is 6.82. The maximum absolute atomic E-state index is 2.49. The smallest absolute Gasteiger partial charge is 0.0650 e. The summed E-state index contributed by atoms with van der Waals surface area (Å²) in [6.07, 6.45) is 6.03. The van der Waals surface area contributed by atoms with E-state index in [2.05, 4.69) is 104 Å². The molecule has 1 aliphatic heterocycles. The highest BCUT2D eigenvalue weighted by atomic mass is 31.1. The molecule has 1 heterocycles. The third kappa shape index (κ3) is 2.83. The second-order valence-corrected chi connectivity index (χ2v) is 9.31. The lowest BCUT2D eigenvalue weighted by Crippen LogP contribution is -2.28. The Labute approximate surface area is 158 Å². The molecule has 0 aromatic heterocycles. The SMILES string of the molecule is CCC=C1CCP(c2ccccc2)C1(c1ccccc1)c1ccccc1. The number of hydrogen-bond acceptors (Lipinski definition) is 0. The van der Waals surface area contributed by atoms with E-state index in [-0.39, 0.29) is 13.1 Å². The molecule has 1 fully saturated rings. The van der Waals surface area contributed by atoms with Gasteiger partial charge in [-0.2, -0.15) is 0 Å². The van der Waals surface area contributed by atoms with E-state index in [1.807, 2.05) is 0 Å². The fourth-order valence-electron chi connectivity index (χ4n) is 4.39. The second kappa shape index (κ2) is 7.60. The van der Waals surface area contributed by atoms with Crippen molar-refractivity contribution >= 4 is 13.2 Å². The molecule has 1 aliphatic rings. The summed E-state index contributed by atoms with van der Waals surface area (Å²) >= 11 is 0. The first-order valence-electron chi connectivity index (χ1n) is 9.50. The molecular weight excluding hydrogens is 331 g/mol. The molecule has 0 N–H and O–H groups in total. The Bertz CT molecular complexity index is 826. The first-order chi connectivity index (χ1) is 12.9. The number of hydrogen-bond donors (Lipinski definition) is 0. The van der Waals surface area contributed by atoms with E-state index >= 15 is 0 Å². The lowest BCUT2D eigenvalue weighted by molar-refractivity contribution is 0.841. The van der Waals surface area contributed by atoms with Gasteiger partial charge in [0.15, 0.2) is 0 Å². The molecule has 0 nitrogen and oxygen atoms in total. The molecule has 0 amide bonds. The van der Waals surface area contributed by atoms with Gasteiger partial charge in [-0.25, -0.2) is 0 Å². The molecule has 4 rings (SSSR count). The maximum Gasteiger partial charge on any atom is 0.0650 e. The first-order valence-corrected chi connectivity index (χ1v) is 11.0. The molecule has 130 valence electrons. The Morgan fingerprint density at radius 3 is 1.77 bits per heavy atom. The molecule has 26 heavy (non-hydrogen) atoms. The predicted molar refractivity (Wildman–Crippen MR) is 115 cm³/mol. The molecule has 1 heteroatoms. The summed E-state index contributed by atoms with van der Waals surface area (Å²) in [5, 5.41) is 1.50. The van der Waals surface area contributed by atoms with Crippen LogP contribution in [0.25, 0.3) is 0 Å². The van der Waals surface area contributed by atoms with Crippen molar-refractivity contribution in [3.63, 3.8) is 0 Å². The van der Waals surface area contributed by atoms with Crippen LogP contribution in [-0.2, 0) is 5.16 Å².